The fourth-order valence-electron chi connectivity index (χ4n) is 1.63. The molecular weight excluding hydrogens is 280 g/mol. The van der Waals surface area contributed by atoms with Gasteiger partial charge in [-0.2, -0.15) is 0 Å². The second kappa shape index (κ2) is 18.6. The van der Waals surface area contributed by atoms with Crippen LogP contribution in [0.2, 0.25) is 0 Å². The molecule has 0 spiro atoms. The Morgan fingerprint density at radius 3 is 1.82 bits per heavy atom. The zero-order valence-corrected chi connectivity index (χ0v) is 15.5. The third-order valence-corrected chi connectivity index (χ3v) is 2.76. The minimum atomic E-state index is -0.648. The number of rotatable bonds is 12. The molecule has 0 aliphatic rings. The van der Waals surface area contributed by atoms with Gasteiger partial charge in [-0.25, -0.2) is 0 Å². The average Bonchev–Trinajstić information content (AvgIpc) is 2.50. The Morgan fingerprint density at radius 2 is 1.45 bits per heavy atom. The molecule has 0 aromatic rings. The van der Waals surface area contributed by atoms with Gasteiger partial charge in [0.2, 0.25) is 0 Å². The van der Waals surface area contributed by atoms with Gasteiger partial charge in [-0.1, -0.05) is 39.8 Å². The molecule has 0 aliphatic carbocycles. The van der Waals surface area contributed by atoms with Crippen molar-refractivity contribution in [2.24, 2.45) is 0 Å². The molecular formula is C18H38O4. The molecule has 0 radical (unpaired) electrons. The molecule has 0 rings (SSSR count). The molecule has 22 heavy (non-hydrogen) atoms. The highest BCUT2D eigenvalue weighted by molar-refractivity contribution is 4.83. The zero-order valence-electron chi connectivity index (χ0n) is 15.5. The predicted octanol–water partition coefficient (Wildman–Crippen LogP) is 4.66. The number of hydrogen-bond donors (Lipinski definition) is 1. The summed E-state index contributed by atoms with van der Waals surface area (Å²) >= 11 is 0. The lowest BCUT2D eigenvalue weighted by atomic mass is 10.2. The number of aliphatic hydroxyl groups is 1. The molecule has 0 aliphatic heterocycles. The topological polar surface area (TPSA) is 47.9 Å². The summed E-state index contributed by atoms with van der Waals surface area (Å²) in [5, 5.41) is 8.96. The van der Waals surface area contributed by atoms with E-state index >= 15 is 0 Å². The van der Waals surface area contributed by atoms with Gasteiger partial charge in [0.15, 0.2) is 12.6 Å². The summed E-state index contributed by atoms with van der Waals surface area (Å²) in [7, 11) is 0. The van der Waals surface area contributed by atoms with Crippen LogP contribution in [0.25, 0.3) is 0 Å². The quantitative estimate of drug-likeness (QED) is 0.420. The van der Waals surface area contributed by atoms with Crippen LogP contribution in [-0.2, 0) is 14.2 Å². The van der Waals surface area contributed by atoms with E-state index in [1.165, 1.54) is 0 Å². The first-order chi connectivity index (χ1) is 10.5. The van der Waals surface area contributed by atoms with Crippen LogP contribution in [-0.4, -0.2) is 37.0 Å². The molecule has 0 fully saturated rings. The fourth-order valence-corrected chi connectivity index (χ4v) is 1.63. The largest absolute Gasteiger partial charge is 0.368 e. The number of aliphatic hydroxyl groups excluding tert-OH is 1. The highest BCUT2D eigenvalue weighted by atomic mass is 16.7. The van der Waals surface area contributed by atoms with Crippen LogP contribution in [0.4, 0.5) is 0 Å². The highest BCUT2D eigenvalue weighted by Gasteiger charge is 2.06. The van der Waals surface area contributed by atoms with Gasteiger partial charge in [0, 0.05) is 13.2 Å². The van der Waals surface area contributed by atoms with Gasteiger partial charge < -0.3 is 19.3 Å². The summed E-state index contributed by atoms with van der Waals surface area (Å²) in [5.74, 6) is 0. The molecule has 2 atom stereocenters. The summed E-state index contributed by atoms with van der Waals surface area (Å²) in [6.45, 7) is 13.5. The molecule has 0 aromatic heterocycles. The number of hydrogen-bond acceptors (Lipinski definition) is 4. The summed E-state index contributed by atoms with van der Waals surface area (Å²) in [6.07, 6.45) is 8.72. The van der Waals surface area contributed by atoms with Crippen molar-refractivity contribution < 1.29 is 19.3 Å². The van der Waals surface area contributed by atoms with Gasteiger partial charge in [0.25, 0.3) is 0 Å². The van der Waals surface area contributed by atoms with E-state index in [1.54, 1.807) is 6.92 Å². The van der Waals surface area contributed by atoms with Crippen LogP contribution in [0.1, 0.15) is 73.6 Å². The van der Waals surface area contributed by atoms with Gasteiger partial charge in [-0.15, -0.1) is 0 Å². The van der Waals surface area contributed by atoms with Crippen LogP contribution in [0.5, 0.6) is 0 Å². The third-order valence-electron chi connectivity index (χ3n) is 2.76. The van der Waals surface area contributed by atoms with Gasteiger partial charge in [0.05, 0.1) is 6.10 Å². The van der Waals surface area contributed by atoms with Gasteiger partial charge in [-0.3, -0.25) is 0 Å². The Morgan fingerprint density at radius 1 is 0.909 bits per heavy atom. The fraction of sp³-hybridized carbons (Fsp3) is 0.889. The SMILES string of the molecule is CC/C=C/CC(CC)OC(C)O.CCCOC(C)OCCC. The predicted molar refractivity (Wildman–Crippen MR) is 92.8 cm³/mol. The second-order valence-electron chi connectivity index (χ2n) is 5.19. The van der Waals surface area contributed by atoms with E-state index in [1.807, 2.05) is 6.92 Å². The van der Waals surface area contributed by atoms with Gasteiger partial charge >= 0.3 is 0 Å². The summed E-state index contributed by atoms with van der Waals surface area (Å²) in [5.41, 5.74) is 0. The smallest absolute Gasteiger partial charge is 0.154 e. The van der Waals surface area contributed by atoms with E-state index < -0.39 is 6.29 Å². The van der Waals surface area contributed by atoms with Crippen LogP contribution in [0, 0.1) is 0 Å². The van der Waals surface area contributed by atoms with Crippen molar-refractivity contribution in [2.45, 2.75) is 92.3 Å². The molecule has 134 valence electrons. The monoisotopic (exact) mass is 318 g/mol. The van der Waals surface area contributed by atoms with Crippen molar-refractivity contribution in [2.75, 3.05) is 13.2 Å². The normalized spacial score (nSPS) is 14.0. The Labute approximate surface area is 137 Å². The van der Waals surface area contributed by atoms with Gasteiger partial charge in [-0.05, 0) is 46.0 Å². The lowest BCUT2D eigenvalue weighted by molar-refractivity contribution is -0.130. The van der Waals surface area contributed by atoms with E-state index in [4.69, 9.17) is 19.3 Å². The summed E-state index contributed by atoms with van der Waals surface area (Å²) in [6, 6.07) is 0. The van der Waals surface area contributed by atoms with Crippen molar-refractivity contribution in [3.8, 4) is 0 Å². The maximum Gasteiger partial charge on any atom is 0.154 e. The van der Waals surface area contributed by atoms with E-state index in [0.717, 1.165) is 45.3 Å². The molecule has 0 bridgehead atoms. The third kappa shape index (κ3) is 19.6. The standard InChI is InChI=1S/C10H20O2.C8H18O2/c1-4-6-7-8-10(5-2)12-9(3)11;1-4-6-9-8(3)10-7-5-2/h6-7,9-11H,4-5,8H2,1-3H3;8H,4-7H2,1-3H3/b7-6+;. The van der Waals surface area contributed by atoms with E-state index in [9.17, 15) is 0 Å². The Balaban J connectivity index is 0. The van der Waals surface area contributed by atoms with Gasteiger partial charge in [0.1, 0.15) is 0 Å². The highest BCUT2D eigenvalue weighted by Crippen LogP contribution is 2.06. The molecule has 4 heteroatoms. The zero-order chi connectivity index (χ0) is 17.2. The molecule has 0 amide bonds. The molecule has 2 unspecified atom stereocenters. The van der Waals surface area contributed by atoms with Crippen molar-refractivity contribution in [3.63, 3.8) is 0 Å². The summed E-state index contributed by atoms with van der Waals surface area (Å²) < 4.78 is 15.8. The van der Waals surface area contributed by atoms with Crippen molar-refractivity contribution in [3.05, 3.63) is 12.2 Å². The molecule has 4 nitrogen and oxygen atoms in total. The molecule has 0 saturated carbocycles. The molecule has 0 heterocycles. The van der Waals surface area contributed by atoms with E-state index in [0.29, 0.717) is 0 Å². The summed E-state index contributed by atoms with van der Waals surface area (Å²) in [4.78, 5) is 0. The average molecular weight is 318 g/mol. The first-order valence-corrected chi connectivity index (χ1v) is 8.73. The van der Waals surface area contributed by atoms with Crippen LogP contribution < -0.4 is 0 Å². The number of allylic oxidation sites excluding steroid dienone is 1. The van der Waals surface area contributed by atoms with Crippen LogP contribution in [0.15, 0.2) is 12.2 Å². The lowest BCUT2D eigenvalue weighted by Gasteiger charge is -2.15. The van der Waals surface area contributed by atoms with Crippen LogP contribution in [0.3, 0.4) is 0 Å². The van der Waals surface area contributed by atoms with E-state index in [2.05, 4.69) is 39.8 Å². The molecule has 1 N–H and O–H groups in total. The second-order valence-corrected chi connectivity index (χ2v) is 5.19. The molecule has 0 aromatic carbocycles. The Bertz CT molecular complexity index is 221. The first kappa shape index (κ1) is 23.8. The Hall–Kier alpha value is -0.420. The van der Waals surface area contributed by atoms with E-state index in [-0.39, 0.29) is 12.4 Å². The maximum atomic E-state index is 8.96. The Kier molecular flexibility index (Phi) is 20.2. The van der Waals surface area contributed by atoms with Crippen molar-refractivity contribution in [1.29, 1.82) is 0 Å². The molecule has 0 saturated heterocycles. The number of ether oxygens (including phenoxy) is 3. The minimum absolute atomic E-state index is 0.0279. The van der Waals surface area contributed by atoms with Crippen molar-refractivity contribution in [1.82, 2.24) is 0 Å². The van der Waals surface area contributed by atoms with Crippen LogP contribution >= 0.6 is 0 Å². The minimum Gasteiger partial charge on any atom is -0.368 e. The van der Waals surface area contributed by atoms with Crippen molar-refractivity contribution >= 4 is 0 Å². The first-order valence-electron chi connectivity index (χ1n) is 8.73. The lowest BCUT2D eigenvalue weighted by Crippen LogP contribution is -2.17. The maximum absolute atomic E-state index is 8.96.